The summed E-state index contributed by atoms with van der Waals surface area (Å²) >= 11 is 0. The Balaban J connectivity index is 1.87. The van der Waals surface area contributed by atoms with Gasteiger partial charge in [-0.2, -0.15) is 0 Å². The van der Waals surface area contributed by atoms with E-state index in [2.05, 4.69) is 17.2 Å². The third-order valence-corrected chi connectivity index (χ3v) is 3.00. The number of ether oxygens (including phenoxy) is 1. The molecule has 0 radical (unpaired) electrons. The predicted octanol–water partition coefficient (Wildman–Crippen LogP) is 1.58. The highest BCUT2D eigenvalue weighted by Crippen LogP contribution is 2.19. The van der Waals surface area contributed by atoms with Gasteiger partial charge in [0.05, 0.1) is 6.04 Å². The maximum Gasteiger partial charge on any atom is 0.188 e. The van der Waals surface area contributed by atoms with Crippen molar-refractivity contribution in [2.75, 3.05) is 19.7 Å². The molecule has 1 N–H and O–H groups in total. The minimum atomic E-state index is 0.442. The molecule has 1 saturated heterocycles. The van der Waals surface area contributed by atoms with Crippen LogP contribution in [0.5, 0.6) is 0 Å². The minimum Gasteiger partial charge on any atom is -0.478 e. The van der Waals surface area contributed by atoms with Crippen LogP contribution in [0.4, 0.5) is 0 Å². The fraction of sp³-hybridized carbons (Fsp3) is 0.909. The van der Waals surface area contributed by atoms with Crippen molar-refractivity contribution in [3.63, 3.8) is 0 Å². The average molecular weight is 196 g/mol. The molecule has 0 saturated carbocycles. The van der Waals surface area contributed by atoms with Crippen molar-refractivity contribution in [3.05, 3.63) is 0 Å². The highest BCUT2D eigenvalue weighted by Gasteiger charge is 2.26. The Labute approximate surface area is 85.9 Å². The molecule has 0 aromatic carbocycles. The van der Waals surface area contributed by atoms with Crippen LogP contribution in [0.2, 0.25) is 0 Å². The van der Waals surface area contributed by atoms with Crippen LogP contribution in [-0.4, -0.2) is 31.6 Å². The smallest absolute Gasteiger partial charge is 0.188 e. The molecule has 0 spiro atoms. The van der Waals surface area contributed by atoms with Gasteiger partial charge in [0, 0.05) is 12.5 Å². The Hall–Kier alpha value is -0.570. The standard InChI is InChI=1S/C11H20N2O/c1-2-4-10-8-14-11(13-10)9-5-3-6-12-7-9/h9-10,12H,2-8H2,1H3. The number of hydrogen-bond acceptors (Lipinski definition) is 3. The van der Waals surface area contributed by atoms with Gasteiger partial charge in [0.1, 0.15) is 6.61 Å². The molecule has 14 heavy (non-hydrogen) atoms. The lowest BCUT2D eigenvalue weighted by Crippen LogP contribution is -2.34. The van der Waals surface area contributed by atoms with Gasteiger partial charge in [-0.25, -0.2) is 4.99 Å². The van der Waals surface area contributed by atoms with E-state index in [0.29, 0.717) is 12.0 Å². The topological polar surface area (TPSA) is 33.6 Å². The zero-order chi connectivity index (χ0) is 9.80. The van der Waals surface area contributed by atoms with Gasteiger partial charge >= 0.3 is 0 Å². The van der Waals surface area contributed by atoms with Crippen LogP contribution in [0.15, 0.2) is 4.99 Å². The molecule has 2 atom stereocenters. The van der Waals surface area contributed by atoms with Gasteiger partial charge in [0.15, 0.2) is 5.90 Å². The van der Waals surface area contributed by atoms with Crippen LogP contribution in [0.3, 0.4) is 0 Å². The highest BCUT2D eigenvalue weighted by atomic mass is 16.5. The summed E-state index contributed by atoms with van der Waals surface area (Å²) in [5.41, 5.74) is 0. The van der Waals surface area contributed by atoms with E-state index in [-0.39, 0.29) is 0 Å². The Morgan fingerprint density at radius 2 is 2.50 bits per heavy atom. The summed E-state index contributed by atoms with van der Waals surface area (Å²) in [5, 5.41) is 3.40. The van der Waals surface area contributed by atoms with Crippen molar-refractivity contribution < 1.29 is 4.74 Å². The Kier molecular flexibility index (Phi) is 3.40. The summed E-state index contributed by atoms with van der Waals surface area (Å²) in [6, 6.07) is 0.442. The van der Waals surface area contributed by atoms with Crippen LogP contribution in [-0.2, 0) is 4.74 Å². The lowest BCUT2D eigenvalue weighted by atomic mass is 10.00. The first-order chi connectivity index (χ1) is 6.90. The highest BCUT2D eigenvalue weighted by molar-refractivity contribution is 5.80. The molecular formula is C11H20N2O. The van der Waals surface area contributed by atoms with Gasteiger partial charge in [-0.3, -0.25) is 0 Å². The van der Waals surface area contributed by atoms with E-state index in [0.717, 1.165) is 25.6 Å². The number of aliphatic imine (C=N–C) groups is 1. The zero-order valence-electron chi connectivity index (χ0n) is 8.96. The van der Waals surface area contributed by atoms with E-state index in [1.165, 1.54) is 25.7 Å². The summed E-state index contributed by atoms with van der Waals surface area (Å²) < 4.78 is 5.67. The second kappa shape index (κ2) is 4.78. The van der Waals surface area contributed by atoms with Gasteiger partial charge in [-0.1, -0.05) is 13.3 Å². The SMILES string of the molecule is CCCC1COC(C2CCCNC2)=N1. The van der Waals surface area contributed by atoms with E-state index < -0.39 is 0 Å². The summed E-state index contributed by atoms with van der Waals surface area (Å²) in [6.45, 7) is 5.23. The number of piperidine rings is 1. The fourth-order valence-electron chi connectivity index (χ4n) is 2.20. The van der Waals surface area contributed by atoms with E-state index >= 15 is 0 Å². The maximum absolute atomic E-state index is 5.67. The maximum atomic E-state index is 5.67. The second-order valence-electron chi connectivity index (χ2n) is 4.26. The van der Waals surface area contributed by atoms with E-state index in [9.17, 15) is 0 Å². The van der Waals surface area contributed by atoms with E-state index in [1.54, 1.807) is 0 Å². The lowest BCUT2D eigenvalue weighted by molar-refractivity contribution is 0.281. The van der Waals surface area contributed by atoms with Crippen LogP contribution >= 0.6 is 0 Å². The molecule has 0 aliphatic carbocycles. The molecule has 2 unspecified atom stereocenters. The number of nitrogens with zero attached hydrogens (tertiary/aromatic N) is 1. The fourth-order valence-corrected chi connectivity index (χ4v) is 2.20. The first-order valence-corrected chi connectivity index (χ1v) is 5.81. The van der Waals surface area contributed by atoms with Crippen molar-refractivity contribution in [1.82, 2.24) is 5.32 Å². The van der Waals surface area contributed by atoms with Crippen molar-refractivity contribution in [2.24, 2.45) is 10.9 Å². The second-order valence-corrected chi connectivity index (χ2v) is 4.26. The van der Waals surface area contributed by atoms with Crippen molar-refractivity contribution in [1.29, 1.82) is 0 Å². The lowest BCUT2D eigenvalue weighted by Gasteiger charge is -2.21. The van der Waals surface area contributed by atoms with E-state index in [4.69, 9.17) is 4.74 Å². The molecule has 3 heteroatoms. The number of hydrogen-bond donors (Lipinski definition) is 1. The molecule has 80 valence electrons. The summed E-state index contributed by atoms with van der Waals surface area (Å²) in [4.78, 5) is 4.66. The quantitative estimate of drug-likeness (QED) is 0.743. The molecule has 2 heterocycles. The van der Waals surface area contributed by atoms with Crippen LogP contribution in [0.1, 0.15) is 32.6 Å². The van der Waals surface area contributed by atoms with Crippen molar-refractivity contribution in [2.45, 2.75) is 38.6 Å². The minimum absolute atomic E-state index is 0.442. The van der Waals surface area contributed by atoms with Crippen LogP contribution in [0.25, 0.3) is 0 Å². The van der Waals surface area contributed by atoms with Gasteiger partial charge in [0.2, 0.25) is 0 Å². The van der Waals surface area contributed by atoms with Crippen molar-refractivity contribution >= 4 is 5.90 Å². The molecule has 2 rings (SSSR count). The Morgan fingerprint density at radius 1 is 1.57 bits per heavy atom. The third-order valence-electron chi connectivity index (χ3n) is 3.00. The van der Waals surface area contributed by atoms with Gasteiger partial charge in [0.25, 0.3) is 0 Å². The predicted molar refractivity (Wildman–Crippen MR) is 57.7 cm³/mol. The monoisotopic (exact) mass is 196 g/mol. The Morgan fingerprint density at radius 3 is 3.21 bits per heavy atom. The molecule has 0 amide bonds. The average Bonchev–Trinajstić information content (AvgIpc) is 2.68. The third kappa shape index (κ3) is 2.27. The summed E-state index contributed by atoms with van der Waals surface area (Å²) in [5.74, 6) is 1.57. The molecule has 3 nitrogen and oxygen atoms in total. The van der Waals surface area contributed by atoms with E-state index in [1.807, 2.05) is 0 Å². The normalized spacial score (nSPS) is 32.5. The Bertz CT molecular complexity index is 209. The number of nitrogens with one attached hydrogen (secondary N) is 1. The summed E-state index contributed by atoms with van der Waals surface area (Å²) in [6.07, 6.45) is 4.87. The molecular weight excluding hydrogens is 176 g/mol. The first kappa shape index (κ1) is 9.97. The van der Waals surface area contributed by atoms with Crippen LogP contribution < -0.4 is 5.32 Å². The molecule has 0 bridgehead atoms. The van der Waals surface area contributed by atoms with Crippen LogP contribution in [0, 0.1) is 5.92 Å². The molecule has 2 aliphatic heterocycles. The number of rotatable bonds is 3. The molecule has 0 aromatic rings. The zero-order valence-corrected chi connectivity index (χ0v) is 8.96. The first-order valence-electron chi connectivity index (χ1n) is 5.81. The van der Waals surface area contributed by atoms with Gasteiger partial charge in [-0.15, -0.1) is 0 Å². The van der Waals surface area contributed by atoms with Crippen molar-refractivity contribution in [3.8, 4) is 0 Å². The van der Waals surface area contributed by atoms with Gasteiger partial charge in [-0.05, 0) is 25.8 Å². The largest absolute Gasteiger partial charge is 0.478 e. The van der Waals surface area contributed by atoms with Gasteiger partial charge < -0.3 is 10.1 Å². The summed E-state index contributed by atoms with van der Waals surface area (Å²) in [7, 11) is 0. The molecule has 0 aromatic heterocycles. The molecule has 2 aliphatic rings. The molecule has 1 fully saturated rings.